The van der Waals surface area contributed by atoms with Gasteiger partial charge in [-0.25, -0.2) is 4.98 Å². The number of likely N-dealkylation sites (tertiary alicyclic amines) is 1. The summed E-state index contributed by atoms with van der Waals surface area (Å²) < 4.78 is 2.52. The van der Waals surface area contributed by atoms with E-state index in [0.717, 1.165) is 55.8 Å². The van der Waals surface area contributed by atoms with E-state index >= 15 is 0 Å². The minimum Gasteiger partial charge on any atom is -0.392 e. The summed E-state index contributed by atoms with van der Waals surface area (Å²) in [5.74, 6) is 1.39. The van der Waals surface area contributed by atoms with E-state index in [4.69, 9.17) is 4.98 Å². The maximum Gasteiger partial charge on any atom is 0.227 e. The van der Waals surface area contributed by atoms with E-state index in [9.17, 15) is 9.90 Å². The third-order valence-corrected chi connectivity index (χ3v) is 10.2. The van der Waals surface area contributed by atoms with Gasteiger partial charge in [-0.1, -0.05) is 57.2 Å². The third-order valence-electron chi connectivity index (χ3n) is 10.2. The second-order valence-corrected chi connectivity index (χ2v) is 13.7. The number of carbonyl (C=O) groups excluding carboxylic acids is 1. The number of para-hydroxylation sites is 2. The van der Waals surface area contributed by atoms with E-state index in [1.807, 2.05) is 26.8 Å². The highest BCUT2D eigenvalue weighted by Gasteiger charge is 2.44. The topological polar surface area (TPSA) is 61.6 Å². The zero-order valence-electron chi connectivity index (χ0n) is 24.8. The van der Waals surface area contributed by atoms with Gasteiger partial charge < -0.3 is 14.6 Å². The minimum atomic E-state index is -0.348. The molecular weight excluding hydrogens is 496 g/mol. The van der Waals surface area contributed by atoms with E-state index in [-0.39, 0.29) is 23.3 Å². The predicted octanol–water partition coefficient (Wildman–Crippen LogP) is 6.00. The van der Waals surface area contributed by atoms with Crippen molar-refractivity contribution >= 4 is 16.9 Å². The molecule has 3 saturated heterocycles. The Balaban J connectivity index is 1.20. The molecule has 214 valence electrons. The molecule has 0 saturated carbocycles. The number of imidazole rings is 1. The number of fused-ring (bicyclic) bond motifs is 3. The van der Waals surface area contributed by atoms with Crippen LogP contribution in [-0.4, -0.2) is 62.1 Å². The number of hydrogen-bond acceptors (Lipinski definition) is 4. The summed E-state index contributed by atoms with van der Waals surface area (Å²) in [6.45, 7) is 11.0. The van der Waals surface area contributed by atoms with E-state index in [1.54, 1.807) is 0 Å². The highest BCUT2D eigenvalue weighted by Crippen LogP contribution is 2.45. The van der Waals surface area contributed by atoms with Crippen LogP contribution in [0.5, 0.6) is 0 Å². The molecule has 0 radical (unpaired) electrons. The van der Waals surface area contributed by atoms with Gasteiger partial charge in [-0.15, -0.1) is 0 Å². The Morgan fingerprint density at radius 3 is 2.38 bits per heavy atom. The van der Waals surface area contributed by atoms with Crippen LogP contribution in [0.3, 0.4) is 0 Å². The van der Waals surface area contributed by atoms with Crippen LogP contribution in [0, 0.1) is 12.3 Å². The first-order valence-corrected chi connectivity index (χ1v) is 15.4. The standard InChI is InChI=1S/C34H46N4O2/c1-24-35-30-10-5-6-11-31(30)38(24)29-21-27-12-13-28(22-29)37(27)19-16-34(26-9-7-8-25(20-26)23-39)14-17-36(18-15-34)32(40)33(2,3)4/h5-11,20,27-29,39H,12-19,21-23H2,1-4H3. The molecular formula is C34H46N4O2. The summed E-state index contributed by atoms with van der Waals surface area (Å²) in [5.41, 5.74) is 4.39. The highest BCUT2D eigenvalue weighted by molar-refractivity contribution is 5.81. The van der Waals surface area contributed by atoms with Gasteiger partial charge in [-0.05, 0) is 87.1 Å². The second-order valence-electron chi connectivity index (χ2n) is 13.7. The van der Waals surface area contributed by atoms with Gasteiger partial charge in [0.05, 0.1) is 17.6 Å². The van der Waals surface area contributed by atoms with Gasteiger partial charge >= 0.3 is 0 Å². The van der Waals surface area contributed by atoms with Crippen molar-refractivity contribution in [2.24, 2.45) is 5.41 Å². The Morgan fingerprint density at radius 2 is 1.70 bits per heavy atom. The fourth-order valence-electron chi connectivity index (χ4n) is 8.09. The van der Waals surface area contributed by atoms with Gasteiger partial charge in [0, 0.05) is 36.6 Å². The normalized spacial score (nSPS) is 25.0. The van der Waals surface area contributed by atoms with E-state index < -0.39 is 0 Å². The lowest BCUT2D eigenvalue weighted by atomic mass is 9.69. The molecule has 4 heterocycles. The summed E-state index contributed by atoms with van der Waals surface area (Å²) >= 11 is 0. The second kappa shape index (κ2) is 10.6. The number of amides is 1. The highest BCUT2D eigenvalue weighted by atomic mass is 16.3. The SMILES string of the molecule is Cc1nc2ccccc2n1C1CC2CCC(C1)N2CCC1(c2cccc(CO)c2)CCN(C(=O)C(C)(C)C)CC1. The number of hydrogen-bond donors (Lipinski definition) is 1. The number of aromatic nitrogens is 2. The fourth-order valence-corrected chi connectivity index (χ4v) is 8.09. The van der Waals surface area contributed by atoms with E-state index in [2.05, 4.69) is 63.8 Å². The van der Waals surface area contributed by atoms with Gasteiger partial charge in [0.2, 0.25) is 5.91 Å². The van der Waals surface area contributed by atoms with Gasteiger partial charge in [0.15, 0.2) is 0 Å². The molecule has 6 rings (SSSR count). The molecule has 3 aliphatic heterocycles. The van der Waals surface area contributed by atoms with Crippen molar-refractivity contribution < 1.29 is 9.90 Å². The van der Waals surface area contributed by atoms with Crippen molar-refractivity contribution in [2.75, 3.05) is 19.6 Å². The Hall–Kier alpha value is -2.70. The van der Waals surface area contributed by atoms with Crippen LogP contribution >= 0.6 is 0 Å². The zero-order chi connectivity index (χ0) is 28.1. The van der Waals surface area contributed by atoms with E-state index in [1.165, 1.54) is 36.8 Å². The molecule has 2 aromatic carbocycles. The smallest absolute Gasteiger partial charge is 0.227 e. The average molecular weight is 543 g/mol. The fraction of sp³-hybridized carbons (Fsp3) is 0.588. The summed E-state index contributed by atoms with van der Waals surface area (Å²) in [7, 11) is 0. The first kappa shape index (κ1) is 27.5. The third kappa shape index (κ3) is 4.98. The van der Waals surface area contributed by atoms with E-state index in [0.29, 0.717) is 18.1 Å². The van der Waals surface area contributed by atoms with Gasteiger partial charge in [-0.2, -0.15) is 0 Å². The minimum absolute atomic E-state index is 0.0350. The molecule has 3 aliphatic rings. The van der Waals surface area contributed by atoms with Gasteiger partial charge in [-0.3, -0.25) is 9.69 Å². The summed E-state index contributed by atoms with van der Waals surface area (Å²) in [5, 5.41) is 9.88. The number of piperidine rings is 2. The average Bonchev–Trinajstić information content (AvgIpc) is 3.41. The van der Waals surface area contributed by atoms with Crippen LogP contribution in [0.25, 0.3) is 11.0 Å². The molecule has 1 amide bonds. The Bertz CT molecular complexity index is 1350. The maximum atomic E-state index is 13.1. The molecule has 6 nitrogen and oxygen atoms in total. The Kier molecular flexibility index (Phi) is 7.28. The molecule has 0 spiro atoms. The van der Waals surface area contributed by atoms with Crippen molar-refractivity contribution in [1.82, 2.24) is 19.4 Å². The van der Waals surface area contributed by atoms with Crippen LogP contribution in [0.4, 0.5) is 0 Å². The monoisotopic (exact) mass is 542 g/mol. The van der Waals surface area contributed by atoms with Crippen molar-refractivity contribution in [3.8, 4) is 0 Å². The predicted molar refractivity (Wildman–Crippen MR) is 160 cm³/mol. The molecule has 2 atom stereocenters. The summed E-state index contributed by atoms with van der Waals surface area (Å²) in [6.07, 6.45) is 8.02. The molecule has 2 unspecified atom stereocenters. The van der Waals surface area contributed by atoms with Gasteiger partial charge in [0.25, 0.3) is 0 Å². The number of benzene rings is 2. The van der Waals surface area contributed by atoms with Crippen LogP contribution in [0.1, 0.15) is 88.7 Å². The van der Waals surface area contributed by atoms with Crippen LogP contribution in [0.15, 0.2) is 48.5 Å². The number of aryl methyl sites for hydroxylation is 1. The lowest BCUT2D eigenvalue weighted by Crippen LogP contribution is -2.50. The van der Waals surface area contributed by atoms with Crippen molar-refractivity contribution in [1.29, 1.82) is 0 Å². The number of nitrogens with zero attached hydrogens (tertiary/aromatic N) is 4. The Labute approximate surface area is 239 Å². The molecule has 40 heavy (non-hydrogen) atoms. The van der Waals surface area contributed by atoms with Crippen molar-refractivity contribution in [3.05, 3.63) is 65.5 Å². The summed E-state index contributed by atoms with van der Waals surface area (Å²) in [4.78, 5) is 22.9. The molecule has 0 aliphatic carbocycles. The van der Waals surface area contributed by atoms with Crippen molar-refractivity contribution in [3.63, 3.8) is 0 Å². The van der Waals surface area contributed by atoms with Crippen LogP contribution < -0.4 is 0 Å². The Morgan fingerprint density at radius 1 is 1.00 bits per heavy atom. The summed E-state index contributed by atoms with van der Waals surface area (Å²) in [6, 6.07) is 18.9. The van der Waals surface area contributed by atoms with Crippen LogP contribution in [0.2, 0.25) is 0 Å². The number of aliphatic hydroxyl groups excluding tert-OH is 1. The number of carbonyl (C=O) groups is 1. The quantitative estimate of drug-likeness (QED) is 0.415. The number of rotatable bonds is 6. The molecule has 6 heteroatoms. The molecule has 2 bridgehead atoms. The van der Waals surface area contributed by atoms with Gasteiger partial charge in [0.1, 0.15) is 5.82 Å². The zero-order valence-corrected chi connectivity index (χ0v) is 24.8. The van der Waals surface area contributed by atoms with Crippen LogP contribution in [-0.2, 0) is 16.8 Å². The number of aliphatic hydroxyl groups is 1. The first-order valence-electron chi connectivity index (χ1n) is 15.4. The first-order chi connectivity index (χ1) is 19.2. The lowest BCUT2D eigenvalue weighted by Gasteiger charge is -2.46. The molecule has 1 N–H and O–H groups in total. The molecule has 3 fully saturated rings. The largest absolute Gasteiger partial charge is 0.392 e. The lowest BCUT2D eigenvalue weighted by molar-refractivity contribution is -0.141. The van der Waals surface area contributed by atoms with Crippen molar-refractivity contribution in [2.45, 2.75) is 103 Å². The molecule has 1 aromatic heterocycles. The maximum absolute atomic E-state index is 13.1. The molecule has 3 aromatic rings.